The molecule has 0 aromatic carbocycles. The van der Waals surface area contributed by atoms with Crippen molar-refractivity contribution in [2.45, 2.75) is 25.2 Å². The Labute approximate surface area is 115 Å². The molecule has 0 atom stereocenters. The predicted octanol–water partition coefficient (Wildman–Crippen LogP) is 4.86. The van der Waals surface area contributed by atoms with Gasteiger partial charge in [0.05, 0.1) is 0 Å². The van der Waals surface area contributed by atoms with Gasteiger partial charge in [0, 0.05) is 6.20 Å². The van der Waals surface area contributed by atoms with Crippen LogP contribution in [0.4, 0.5) is 52.7 Å². The molecule has 2 nitrogen and oxygen atoms in total. The Balaban J connectivity index is 5.87. The Kier molecular flexibility index (Phi) is 5.37. The molecule has 126 valence electrons. The fourth-order valence-electron chi connectivity index (χ4n) is 0.840. The van der Waals surface area contributed by atoms with Gasteiger partial charge in [0.15, 0.2) is 0 Å². The number of rotatable bonds is 2. The van der Waals surface area contributed by atoms with E-state index in [0.29, 0.717) is 0 Å². The molecule has 0 N–H and O–H groups in total. The third kappa shape index (κ3) is 5.70. The van der Waals surface area contributed by atoms with E-state index >= 15 is 0 Å². The third-order valence-electron chi connectivity index (χ3n) is 1.50. The molecule has 0 spiro atoms. The van der Waals surface area contributed by atoms with Crippen molar-refractivity contribution in [2.75, 3.05) is 0 Å². The second-order valence-electron chi connectivity index (χ2n) is 3.03. The van der Waals surface area contributed by atoms with Gasteiger partial charge in [-0.1, -0.05) is 0 Å². The quantitative estimate of drug-likeness (QED) is 0.475. The van der Waals surface area contributed by atoms with Crippen LogP contribution in [0.15, 0.2) is 10.8 Å². The minimum absolute atomic E-state index is 1.41. The molecule has 0 fully saturated rings. The number of alkyl halides is 12. The smallest absolute Gasteiger partial charge is 0.198 e. The molecule has 0 saturated carbocycles. The Morgan fingerprint density at radius 3 is 1.10 bits per heavy atom. The van der Waals surface area contributed by atoms with Crippen LogP contribution in [0.3, 0.4) is 0 Å². The van der Waals surface area contributed by atoms with Gasteiger partial charge in [-0.05, 0) is 15.9 Å². The maximum Gasteiger partial charge on any atom is 0.492 e. The monoisotopic (exact) mass is 408 g/mol. The maximum absolute atomic E-state index is 12.1. The van der Waals surface area contributed by atoms with E-state index in [1.54, 1.807) is 0 Å². The summed E-state index contributed by atoms with van der Waals surface area (Å²) in [5.74, 6) is 0. The van der Waals surface area contributed by atoms with E-state index in [4.69, 9.17) is 0 Å². The Morgan fingerprint density at radius 2 is 0.905 bits per heavy atom. The molecule has 0 aromatic rings. The largest absolute Gasteiger partial charge is 0.492 e. The topological polar surface area (TPSA) is 6.48 Å². The Morgan fingerprint density at radius 1 is 0.619 bits per heavy atom. The first-order valence-corrected chi connectivity index (χ1v) is 4.91. The lowest BCUT2D eigenvalue weighted by molar-refractivity contribution is -0.365. The molecule has 15 heteroatoms. The van der Waals surface area contributed by atoms with Crippen molar-refractivity contribution in [1.82, 2.24) is 9.80 Å². The van der Waals surface area contributed by atoms with Gasteiger partial charge in [-0.25, -0.2) is 0 Å². The lowest BCUT2D eigenvalue weighted by Gasteiger charge is -2.31. The molecular weight excluding hydrogens is 408 g/mol. The first-order valence-electron chi connectivity index (χ1n) is 4.12. The molecular formula is C6HBrF12N2. The van der Waals surface area contributed by atoms with Gasteiger partial charge in [0.1, 0.15) is 4.61 Å². The van der Waals surface area contributed by atoms with E-state index in [2.05, 4.69) is 0 Å². The molecule has 0 aliphatic rings. The van der Waals surface area contributed by atoms with Crippen molar-refractivity contribution in [1.29, 1.82) is 0 Å². The highest BCUT2D eigenvalue weighted by Gasteiger charge is 2.57. The number of hydrogen-bond acceptors (Lipinski definition) is 2. The first kappa shape index (κ1) is 20.0. The van der Waals surface area contributed by atoms with Crippen LogP contribution in [-0.4, -0.2) is 35.0 Å². The molecule has 0 aliphatic carbocycles. The van der Waals surface area contributed by atoms with E-state index in [1.165, 1.54) is 15.9 Å². The van der Waals surface area contributed by atoms with Crippen LogP contribution in [0.1, 0.15) is 0 Å². The van der Waals surface area contributed by atoms with Crippen molar-refractivity contribution < 1.29 is 52.7 Å². The van der Waals surface area contributed by atoms with Crippen molar-refractivity contribution in [3.05, 3.63) is 10.8 Å². The highest BCUT2D eigenvalue weighted by atomic mass is 79.9. The summed E-state index contributed by atoms with van der Waals surface area (Å²) in [6.45, 7) is 0. The van der Waals surface area contributed by atoms with Crippen molar-refractivity contribution >= 4 is 15.9 Å². The van der Waals surface area contributed by atoms with E-state index < -0.39 is 45.8 Å². The van der Waals surface area contributed by atoms with Crippen molar-refractivity contribution in [3.63, 3.8) is 0 Å². The first-order chi connectivity index (χ1) is 8.88. The molecule has 0 radical (unpaired) electrons. The van der Waals surface area contributed by atoms with Crippen LogP contribution in [0.25, 0.3) is 0 Å². The molecule has 0 bridgehead atoms. The van der Waals surface area contributed by atoms with Gasteiger partial charge in [-0.3, -0.25) is 0 Å². The molecule has 0 amide bonds. The molecule has 0 aromatic heterocycles. The van der Waals surface area contributed by atoms with E-state index in [0.717, 1.165) is 0 Å². The van der Waals surface area contributed by atoms with Gasteiger partial charge in [-0.2, -0.15) is 9.80 Å². The number of halogens is 13. The molecule has 0 aliphatic heterocycles. The predicted molar refractivity (Wildman–Crippen MR) is 44.9 cm³/mol. The van der Waals surface area contributed by atoms with Crippen LogP contribution in [-0.2, 0) is 0 Å². The van der Waals surface area contributed by atoms with Crippen molar-refractivity contribution in [2.24, 2.45) is 0 Å². The molecule has 21 heavy (non-hydrogen) atoms. The summed E-state index contributed by atoms with van der Waals surface area (Å²) < 4.78 is 142. The Bertz CT molecular complexity index is 359. The zero-order valence-corrected chi connectivity index (χ0v) is 10.5. The molecule has 0 saturated heterocycles. The van der Waals surface area contributed by atoms with E-state index in [-0.39, 0.29) is 0 Å². The molecule has 0 heterocycles. The molecule has 0 rings (SSSR count). The van der Waals surface area contributed by atoms with Gasteiger partial charge in [0.2, 0.25) is 0 Å². The van der Waals surface area contributed by atoms with Crippen LogP contribution >= 0.6 is 15.9 Å². The third-order valence-corrected chi connectivity index (χ3v) is 2.06. The SMILES string of the molecule is FC(F)(F)N(/C=C(\Br)N(C(F)(F)F)C(F)(F)F)C(F)(F)F. The van der Waals surface area contributed by atoms with Gasteiger partial charge >= 0.3 is 25.2 Å². The summed E-state index contributed by atoms with van der Waals surface area (Å²) in [5, 5.41) is 0. The van der Waals surface area contributed by atoms with Gasteiger partial charge in [0.25, 0.3) is 0 Å². The Hall–Kier alpha value is -1.02. The number of nitrogens with zero attached hydrogens (tertiary/aromatic N) is 2. The van der Waals surface area contributed by atoms with E-state index in [9.17, 15) is 52.7 Å². The summed E-state index contributed by atoms with van der Waals surface area (Å²) in [6.07, 6.45) is -26.6. The van der Waals surface area contributed by atoms with Gasteiger partial charge < -0.3 is 0 Å². The average molecular weight is 409 g/mol. The van der Waals surface area contributed by atoms with Crippen LogP contribution < -0.4 is 0 Å². The maximum atomic E-state index is 12.1. The standard InChI is InChI=1S/C6HBrF12N2/c7-2(21(5(14,15)16)6(17,18)19)1-20(3(8,9)10)4(11,12)13/h1H/b2-1+. The second-order valence-corrected chi connectivity index (χ2v) is 3.84. The normalized spacial score (nSPS) is 15.2. The number of hydrogen-bond donors (Lipinski definition) is 0. The van der Waals surface area contributed by atoms with Crippen LogP contribution in [0.2, 0.25) is 0 Å². The lowest BCUT2D eigenvalue weighted by atomic mass is 10.6. The fraction of sp³-hybridized carbons (Fsp3) is 0.667. The fourth-order valence-corrected chi connectivity index (χ4v) is 1.45. The van der Waals surface area contributed by atoms with E-state index in [1.807, 2.05) is 0 Å². The average Bonchev–Trinajstić information content (AvgIpc) is 2.04. The summed E-state index contributed by atoms with van der Waals surface area (Å²) in [7, 11) is 0. The highest BCUT2D eigenvalue weighted by Crippen LogP contribution is 2.41. The minimum atomic E-state index is -6.31. The zero-order valence-electron chi connectivity index (χ0n) is 8.89. The van der Waals surface area contributed by atoms with Crippen molar-refractivity contribution in [3.8, 4) is 0 Å². The van der Waals surface area contributed by atoms with Crippen LogP contribution in [0.5, 0.6) is 0 Å². The van der Waals surface area contributed by atoms with Gasteiger partial charge in [-0.15, -0.1) is 52.7 Å². The second kappa shape index (κ2) is 5.64. The summed E-state index contributed by atoms with van der Waals surface area (Å²) >= 11 is 1.41. The molecule has 0 unspecified atom stereocenters. The minimum Gasteiger partial charge on any atom is -0.198 e. The zero-order chi connectivity index (χ0) is 17.4. The lowest BCUT2D eigenvalue weighted by Crippen LogP contribution is -2.48. The summed E-state index contributed by atoms with van der Waals surface area (Å²) in [6, 6.07) is 0. The van der Waals surface area contributed by atoms with Crippen LogP contribution in [0, 0.1) is 0 Å². The summed E-state index contributed by atoms with van der Waals surface area (Å²) in [4.78, 5) is -5.14. The highest BCUT2D eigenvalue weighted by molar-refractivity contribution is 9.11. The summed E-state index contributed by atoms with van der Waals surface area (Å²) in [5.41, 5.74) is 0.